The van der Waals surface area contributed by atoms with Crippen LogP contribution in [-0.2, 0) is 11.8 Å². The SMILES string of the molecule is C=CCc1cc(C(=O)NCC2(c3ccccc3)CC2)cc(OC)c1OC. The van der Waals surface area contributed by atoms with Crippen LogP contribution >= 0.6 is 0 Å². The zero-order valence-corrected chi connectivity index (χ0v) is 15.4. The van der Waals surface area contributed by atoms with Crippen molar-refractivity contribution in [1.82, 2.24) is 5.32 Å². The van der Waals surface area contributed by atoms with Crippen molar-refractivity contribution in [2.24, 2.45) is 0 Å². The average molecular weight is 351 g/mol. The predicted octanol–water partition coefficient (Wildman–Crippen LogP) is 3.89. The van der Waals surface area contributed by atoms with E-state index in [9.17, 15) is 4.79 Å². The number of carbonyl (C=O) groups excluding carboxylic acids is 1. The highest BCUT2D eigenvalue weighted by molar-refractivity contribution is 5.95. The second-order valence-electron chi connectivity index (χ2n) is 6.69. The van der Waals surface area contributed by atoms with Crippen LogP contribution in [0, 0.1) is 0 Å². The maximum Gasteiger partial charge on any atom is 0.251 e. The molecule has 1 aliphatic carbocycles. The Bertz CT molecular complexity index is 795. The number of nitrogens with one attached hydrogen (secondary N) is 1. The first-order valence-corrected chi connectivity index (χ1v) is 8.83. The molecule has 2 aromatic carbocycles. The van der Waals surface area contributed by atoms with Gasteiger partial charge in [-0.15, -0.1) is 6.58 Å². The van der Waals surface area contributed by atoms with Gasteiger partial charge in [-0.1, -0.05) is 36.4 Å². The minimum absolute atomic E-state index is 0.0808. The molecule has 0 aromatic heterocycles. The Morgan fingerprint density at radius 2 is 1.92 bits per heavy atom. The maximum atomic E-state index is 12.7. The molecule has 3 rings (SSSR count). The normalized spacial score (nSPS) is 14.4. The second kappa shape index (κ2) is 7.65. The summed E-state index contributed by atoms with van der Waals surface area (Å²) in [4.78, 5) is 12.7. The molecule has 0 saturated heterocycles. The van der Waals surface area contributed by atoms with Crippen LogP contribution in [0.3, 0.4) is 0 Å². The van der Waals surface area contributed by atoms with Crippen molar-refractivity contribution in [1.29, 1.82) is 0 Å². The van der Waals surface area contributed by atoms with Crippen molar-refractivity contribution in [2.75, 3.05) is 20.8 Å². The van der Waals surface area contributed by atoms with Gasteiger partial charge in [0.2, 0.25) is 0 Å². The van der Waals surface area contributed by atoms with E-state index in [0.29, 0.717) is 30.0 Å². The highest BCUT2D eigenvalue weighted by Gasteiger charge is 2.44. The van der Waals surface area contributed by atoms with Crippen molar-refractivity contribution in [2.45, 2.75) is 24.7 Å². The largest absolute Gasteiger partial charge is 0.493 e. The molecule has 26 heavy (non-hydrogen) atoms. The first-order chi connectivity index (χ1) is 12.6. The second-order valence-corrected chi connectivity index (χ2v) is 6.69. The lowest BCUT2D eigenvalue weighted by Crippen LogP contribution is -2.32. The van der Waals surface area contributed by atoms with E-state index >= 15 is 0 Å². The Kier molecular flexibility index (Phi) is 5.31. The Morgan fingerprint density at radius 3 is 2.50 bits per heavy atom. The van der Waals surface area contributed by atoms with Crippen LogP contribution in [0.25, 0.3) is 0 Å². The number of methoxy groups -OCH3 is 2. The zero-order valence-electron chi connectivity index (χ0n) is 15.4. The zero-order chi connectivity index (χ0) is 18.6. The lowest BCUT2D eigenvalue weighted by Gasteiger charge is -2.18. The van der Waals surface area contributed by atoms with Gasteiger partial charge in [-0.2, -0.15) is 0 Å². The van der Waals surface area contributed by atoms with Crippen molar-refractivity contribution < 1.29 is 14.3 Å². The van der Waals surface area contributed by atoms with E-state index < -0.39 is 0 Å². The van der Waals surface area contributed by atoms with Crippen LogP contribution in [0.2, 0.25) is 0 Å². The molecule has 0 spiro atoms. The van der Waals surface area contributed by atoms with E-state index in [0.717, 1.165) is 18.4 Å². The molecule has 2 aromatic rings. The summed E-state index contributed by atoms with van der Waals surface area (Å²) in [5, 5.41) is 3.10. The van der Waals surface area contributed by atoms with Gasteiger partial charge in [-0.3, -0.25) is 4.79 Å². The van der Waals surface area contributed by atoms with Gasteiger partial charge in [0, 0.05) is 23.1 Å². The van der Waals surface area contributed by atoms with Crippen molar-refractivity contribution in [3.63, 3.8) is 0 Å². The first kappa shape index (κ1) is 18.1. The fourth-order valence-corrected chi connectivity index (χ4v) is 3.34. The molecule has 0 heterocycles. The van der Waals surface area contributed by atoms with Gasteiger partial charge in [0.1, 0.15) is 0 Å². The van der Waals surface area contributed by atoms with Gasteiger partial charge >= 0.3 is 0 Å². The molecule has 1 amide bonds. The summed E-state index contributed by atoms with van der Waals surface area (Å²) >= 11 is 0. The quantitative estimate of drug-likeness (QED) is 0.734. The van der Waals surface area contributed by atoms with E-state index in [-0.39, 0.29) is 11.3 Å². The van der Waals surface area contributed by atoms with Crippen molar-refractivity contribution >= 4 is 5.91 Å². The van der Waals surface area contributed by atoms with Crippen molar-refractivity contribution in [3.8, 4) is 11.5 Å². The third-order valence-corrected chi connectivity index (χ3v) is 5.01. The fraction of sp³-hybridized carbons (Fsp3) is 0.318. The first-order valence-electron chi connectivity index (χ1n) is 8.83. The molecule has 0 atom stereocenters. The molecule has 136 valence electrons. The summed E-state index contributed by atoms with van der Waals surface area (Å²) in [7, 11) is 3.17. The van der Waals surface area contributed by atoms with Crippen LogP contribution in [0.5, 0.6) is 11.5 Å². The van der Waals surface area contributed by atoms with E-state index in [1.54, 1.807) is 26.4 Å². The number of rotatable bonds is 8. The van der Waals surface area contributed by atoms with E-state index in [2.05, 4.69) is 24.0 Å². The summed E-state index contributed by atoms with van der Waals surface area (Å²) in [5.74, 6) is 1.10. The summed E-state index contributed by atoms with van der Waals surface area (Å²) in [5.41, 5.74) is 2.83. The van der Waals surface area contributed by atoms with Crippen LogP contribution in [0.15, 0.2) is 55.1 Å². The Morgan fingerprint density at radius 1 is 1.19 bits per heavy atom. The summed E-state index contributed by atoms with van der Waals surface area (Å²) in [6, 6.07) is 14.0. The van der Waals surface area contributed by atoms with Crippen LogP contribution in [-0.4, -0.2) is 26.7 Å². The molecule has 4 heteroatoms. The molecule has 4 nitrogen and oxygen atoms in total. The number of carbonyl (C=O) groups is 1. The van der Waals surface area contributed by atoms with Gasteiger partial charge in [0.05, 0.1) is 14.2 Å². The molecule has 1 N–H and O–H groups in total. The van der Waals surface area contributed by atoms with Gasteiger partial charge in [0.25, 0.3) is 5.91 Å². The van der Waals surface area contributed by atoms with Crippen LogP contribution < -0.4 is 14.8 Å². The molecule has 0 radical (unpaired) electrons. The van der Waals surface area contributed by atoms with Crippen LogP contribution in [0.4, 0.5) is 0 Å². The van der Waals surface area contributed by atoms with E-state index in [1.807, 2.05) is 24.3 Å². The fourth-order valence-electron chi connectivity index (χ4n) is 3.34. The monoisotopic (exact) mass is 351 g/mol. The Labute approximate surface area is 154 Å². The molecular weight excluding hydrogens is 326 g/mol. The highest BCUT2D eigenvalue weighted by atomic mass is 16.5. The number of benzene rings is 2. The molecule has 1 aliphatic rings. The minimum Gasteiger partial charge on any atom is -0.493 e. The highest BCUT2D eigenvalue weighted by Crippen LogP contribution is 2.47. The van der Waals surface area contributed by atoms with E-state index in [1.165, 1.54) is 5.56 Å². The van der Waals surface area contributed by atoms with Crippen molar-refractivity contribution in [3.05, 3.63) is 71.8 Å². The Balaban J connectivity index is 1.78. The molecule has 1 saturated carbocycles. The van der Waals surface area contributed by atoms with Gasteiger partial charge in [-0.05, 0) is 37.0 Å². The summed E-state index contributed by atoms with van der Waals surface area (Å²) in [6.07, 6.45) is 4.60. The van der Waals surface area contributed by atoms with Crippen LogP contribution in [0.1, 0.15) is 34.3 Å². The third-order valence-electron chi connectivity index (χ3n) is 5.01. The lowest BCUT2D eigenvalue weighted by atomic mass is 9.96. The molecule has 0 aliphatic heterocycles. The van der Waals surface area contributed by atoms with Gasteiger partial charge < -0.3 is 14.8 Å². The number of hydrogen-bond acceptors (Lipinski definition) is 3. The maximum absolute atomic E-state index is 12.7. The average Bonchev–Trinajstić information content (AvgIpc) is 3.47. The van der Waals surface area contributed by atoms with E-state index in [4.69, 9.17) is 9.47 Å². The van der Waals surface area contributed by atoms with Gasteiger partial charge in [-0.25, -0.2) is 0 Å². The molecule has 0 bridgehead atoms. The summed E-state index contributed by atoms with van der Waals surface area (Å²) < 4.78 is 10.8. The summed E-state index contributed by atoms with van der Waals surface area (Å²) in [6.45, 7) is 4.41. The molecule has 1 fully saturated rings. The standard InChI is InChI=1S/C22H25NO3/c1-4-8-16-13-17(14-19(25-2)20(16)26-3)21(24)23-15-22(11-12-22)18-9-6-5-7-10-18/h4-7,9-10,13-14H,1,8,11-12,15H2,2-3H3,(H,23,24). The van der Waals surface area contributed by atoms with Gasteiger partial charge in [0.15, 0.2) is 11.5 Å². The number of allylic oxidation sites excluding steroid dienone is 1. The number of hydrogen-bond donors (Lipinski definition) is 1. The topological polar surface area (TPSA) is 47.6 Å². The smallest absolute Gasteiger partial charge is 0.251 e. The molecule has 0 unspecified atom stereocenters. The third kappa shape index (κ3) is 3.59. The number of amides is 1. The predicted molar refractivity (Wildman–Crippen MR) is 103 cm³/mol. The minimum atomic E-state index is -0.0986. The number of ether oxygens (including phenoxy) is 2. The lowest BCUT2D eigenvalue weighted by molar-refractivity contribution is 0.0949. The molecular formula is C22H25NO3. The Hall–Kier alpha value is -2.75.